The van der Waals surface area contributed by atoms with E-state index in [1.807, 2.05) is 12.1 Å². The molecule has 0 saturated heterocycles. The van der Waals surface area contributed by atoms with Crippen molar-refractivity contribution in [3.05, 3.63) is 35.4 Å². The summed E-state index contributed by atoms with van der Waals surface area (Å²) >= 11 is 0. The first kappa shape index (κ1) is 15.0. The van der Waals surface area contributed by atoms with Crippen LogP contribution in [0, 0.1) is 0 Å². The van der Waals surface area contributed by atoms with Gasteiger partial charge in [-0.3, -0.25) is 4.79 Å². The van der Waals surface area contributed by atoms with Gasteiger partial charge in [0.05, 0.1) is 12.0 Å². The van der Waals surface area contributed by atoms with Crippen molar-refractivity contribution in [1.29, 1.82) is 0 Å². The summed E-state index contributed by atoms with van der Waals surface area (Å²) in [4.78, 5) is 11.8. The van der Waals surface area contributed by atoms with Gasteiger partial charge in [-0.05, 0) is 24.0 Å². The van der Waals surface area contributed by atoms with Crippen LogP contribution in [0.5, 0.6) is 0 Å². The van der Waals surface area contributed by atoms with Crippen LogP contribution >= 0.6 is 0 Å². The Morgan fingerprint density at radius 3 is 2.55 bits per heavy atom. The van der Waals surface area contributed by atoms with Crippen LogP contribution in [0.15, 0.2) is 24.3 Å². The molecule has 1 saturated carbocycles. The van der Waals surface area contributed by atoms with Gasteiger partial charge < -0.3 is 9.84 Å². The lowest BCUT2D eigenvalue weighted by Gasteiger charge is -2.29. The zero-order valence-corrected chi connectivity index (χ0v) is 12.6. The molecule has 0 bridgehead atoms. The molecule has 3 heteroatoms. The number of hydrogen-bond donors (Lipinski definition) is 1. The van der Waals surface area contributed by atoms with Crippen LogP contribution in [0.2, 0.25) is 0 Å². The van der Waals surface area contributed by atoms with Gasteiger partial charge in [0.15, 0.2) is 0 Å². The average Bonchev–Trinajstić information content (AvgIpc) is 2.89. The number of benzene rings is 1. The molecule has 0 aromatic heterocycles. The molecule has 0 unspecified atom stereocenters. The molecule has 1 aromatic carbocycles. The molecule has 0 aliphatic heterocycles. The van der Waals surface area contributed by atoms with E-state index in [0.29, 0.717) is 6.61 Å². The van der Waals surface area contributed by atoms with Crippen molar-refractivity contribution in [2.45, 2.75) is 50.4 Å². The van der Waals surface area contributed by atoms with Crippen LogP contribution in [-0.2, 0) is 20.4 Å². The number of hydrogen-bond acceptors (Lipinski definition) is 2. The van der Waals surface area contributed by atoms with E-state index in [1.165, 1.54) is 0 Å². The molecule has 110 valence electrons. The fourth-order valence-electron chi connectivity index (χ4n) is 3.29. The average molecular weight is 276 g/mol. The Bertz CT molecular complexity index is 485. The van der Waals surface area contributed by atoms with Crippen LogP contribution in [-0.4, -0.2) is 24.8 Å². The third kappa shape index (κ3) is 2.59. The van der Waals surface area contributed by atoms with Crippen molar-refractivity contribution in [3.63, 3.8) is 0 Å². The monoisotopic (exact) mass is 276 g/mol. The SMILES string of the molecule is COCC(C)(C)c1cccc(C2(C(=O)O)CCCC2)c1. The minimum Gasteiger partial charge on any atom is -0.481 e. The molecule has 0 amide bonds. The summed E-state index contributed by atoms with van der Waals surface area (Å²) in [6.07, 6.45) is 3.49. The lowest BCUT2D eigenvalue weighted by atomic mass is 9.76. The highest BCUT2D eigenvalue weighted by Crippen LogP contribution is 2.42. The number of carboxylic acid groups (broad SMARTS) is 1. The first-order chi connectivity index (χ1) is 9.42. The number of methoxy groups -OCH3 is 1. The summed E-state index contributed by atoms with van der Waals surface area (Å²) in [5.74, 6) is -0.684. The lowest BCUT2D eigenvalue weighted by Crippen LogP contribution is -2.33. The van der Waals surface area contributed by atoms with Crippen molar-refractivity contribution >= 4 is 5.97 Å². The number of carbonyl (C=O) groups is 1. The molecule has 0 atom stereocenters. The van der Waals surface area contributed by atoms with E-state index in [9.17, 15) is 9.90 Å². The molecule has 1 aliphatic rings. The highest BCUT2D eigenvalue weighted by molar-refractivity contribution is 5.81. The molecule has 20 heavy (non-hydrogen) atoms. The van der Waals surface area contributed by atoms with Crippen LogP contribution in [0.1, 0.15) is 50.7 Å². The van der Waals surface area contributed by atoms with Gasteiger partial charge in [-0.25, -0.2) is 0 Å². The zero-order chi connectivity index (χ0) is 14.8. The molecule has 1 N–H and O–H groups in total. The number of carboxylic acids is 1. The van der Waals surface area contributed by atoms with Gasteiger partial charge in [-0.15, -0.1) is 0 Å². The van der Waals surface area contributed by atoms with Gasteiger partial charge in [-0.1, -0.05) is 51.0 Å². The predicted molar refractivity (Wildman–Crippen MR) is 79.1 cm³/mol. The minimum absolute atomic E-state index is 0.108. The van der Waals surface area contributed by atoms with E-state index in [4.69, 9.17) is 4.74 Å². The number of ether oxygens (including phenoxy) is 1. The number of aliphatic carboxylic acids is 1. The zero-order valence-electron chi connectivity index (χ0n) is 12.6. The molecule has 1 aromatic rings. The maximum Gasteiger partial charge on any atom is 0.314 e. The van der Waals surface area contributed by atoms with Crippen LogP contribution in [0.25, 0.3) is 0 Å². The normalized spacial score (nSPS) is 18.1. The Morgan fingerprint density at radius 2 is 2.00 bits per heavy atom. The van der Waals surface area contributed by atoms with Crippen LogP contribution < -0.4 is 0 Å². The second kappa shape index (κ2) is 5.57. The molecule has 0 spiro atoms. The van der Waals surface area contributed by atoms with Crippen LogP contribution in [0.3, 0.4) is 0 Å². The van der Waals surface area contributed by atoms with E-state index in [1.54, 1.807) is 7.11 Å². The Morgan fingerprint density at radius 1 is 1.35 bits per heavy atom. The molecule has 1 fully saturated rings. The van der Waals surface area contributed by atoms with Crippen molar-refractivity contribution in [2.75, 3.05) is 13.7 Å². The second-order valence-corrected chi connectivity index (χ2v) is 6.49. The van der Waals surface area contributed by atoms with Crippen LogP contribution in [0.4, 0.5) is 0 Å². The van der Waals surface area contributed by atoms with Crippen molar-refractivity contribution in [2.24, 2.45) is 0 Å². The Hall–Kier alpha value is -1.35. The van der Waals surface area contributed by atoms with Gasteiger partial charge in [0.2, 0.25) is 0 Å². The summed E-state index contributed by atoms with van der Waals surface area (Å²) in [5, 5.41) is 9.69. The quantitative estimate of drug-likeness (QED) is 0.895. The van der Waals surface area contributed by atoms with Gasteiger partial charge in [0.1, 0.15) is 0 Å². The summed E-state index contributed by atoms with van der Waals surface area (Å²) in [6.45, 7) is 4.87. The highest BCUT2D eigenvalue weighted by atomic mass is 16.5. The smallest absolute Gasteiger partial charge is 0.314 e. The second-order valence-electron chi connectivity index (χ2n) is 6.49. The van der Waals surface area contributed by atoms with Gasteiger partial charge in [-0.2, -0.15) is 0 Å². The van der Waals surface area contributed by atoms with Gasteiger partial charge in [0, 0.05) is 12.5 Å². The van der Waals surface area contributed by atoms with E-state index in [-0.39, 0.29) is 5.41 Å². The highest BCUT2D eigenvalue weighted by Gasteiger charge is 2.43. The van der Waals surface area contributed by atoms with Gasteiger partial charge in [0.25, 0.3) is 0 Å². The summed E-state index contributed by atoms with van der Waals surface area (Å²) in [6, 6.07) is 8.07. The molecule has 2 rings (SSSR count). The van der Waals surface area contributed by atoms with E-state index in [2.05, 4.69) is 26.0 Å². The van der Waals surface area contributed by atoms with E-state index in [0.717, 1.165) is 36.8 Å². The first-order valence-electron chi connectivity index (χ1n) is 7.26. The Balaban J connectivity index is 2.41. The molecule has 0 heterocycles. The van der Waals surface area contributed by atoms with E-state index >= 15 is 0 Å². The van der Waals surface area contributed by atoms with Crippen molar-refractivity contribution < 1.29 is 14.6 Å². The summed E-state index contributed by atoms with van der Waals surface area (Å²) in [5.41, 5.74) is 1.30. The first-order valence-corrected chi connectivity index (χ1v) is 7.26. The molecular weight excluding hydrogens is 252 g/mol. The van der Waals surface area contributed by atoms with E-state index < -0.39 is 11.4 Å². The molecule has 3 nitrogen and oxygen atoms in total. The maximum atomic E-state index is 11.8. The fourth-order valence-corrected chi connectivity index (χ4v) is 3.29. The standard InChI is InChI=1S/C17H24O3/c1-16(2,12-20-3)13-7-6-8-14(11-13)17(15(18)19)9-4-5-10-17/h6-8,11H,4-5,9-10,12H2,1-3H3,(H,18,19). The Kier molecular flexibility index (Phi) is 4.19. The largest absolute Gasteiger partial charge is 0.481 e. The molecule has 1 aliphatic carbocycles. The number of rotatable bonds is 5. The Labute approximate surface area is 121 Å². The summed E-state index contributed by atoms with van der Waals surface area (Å²) < 4.78 is 5.28. The van der Waals surface area contributed by atoms with Gasteiger partial charge >= 0.3 is 5.97 Å². The lowest BCUT2D eigenvalue weighted by molar-refractivity contribution is -0.143. The third-order valence-corrected chi connectivity index (χ3v) is 4.57. The van der Waals surface area contributed by atoms with Crippen molar-refractivity contribution in [1.82, 2.24) is 0 Å². The molecule has 0 radical (unpaired) electrons. The molecular formula is C17H24O3. The third-order valence-electron chi connectivity index (χ3n) is 4.57. The fraction of sp³-hybridized carbons (Fsp3) is 0.588. The predicted octanol–water partition coefficient (Wildman–Crippen LogP) is 3.51. The van der Waals surface area contributed by atoms with Crippen molar-refractivity contribution in [3.8, 4) is 0 Å². The maximum absolute atomic E-state index is 11.8. The topological polar surface area (TPSA) is 46.5 Å². The summed E-state index contributed by atoms with van der Waals surface area (Å²) in [7, 11) is 1.70. The minimum atomic E-state index is -0.684.